The fourth-order valence-electron chi connectivity index (χ4n) is 1.19. The highest BCUT2D eigenvalue weighted by Gasteiger charge is 1.93. The Hall–Kier alpha value is -1.77. The number of carboxylic acid groups (broad SMARTS) is 1. The molecule has 0 spiro atoms. The highest BCUT2D eigenvalue weighted by molar-refractivity contribution is 5.70. The maximum absolute atomic E-state index is 10.3. The van der Waals surface area contributed by atoms with E-state index in [9.17, 15) is 4.79 Å². The van der Waals surface area contributed by atoms with Gasteiger partial charge in [0.1, 0.15) is 5.75 Å². The zero-order valence-electron chi connectivity index (χ0n) is 9.35. The zero-order chi connectivity index (χ0) is 11.8. The van der Waals surface area contributed by atoms with Crippen molar-refractivity contribution in [2.45, 2.75) is 19.8 Å². The number of ether oxygens (including phenoxy) is 1. The molecular formula is C13H16O3. The van der Waals surface area contributed by atoms with Gasteiger partial charge in [-0.1, -0.05) is 31.2 Å². The average molecular weight is 220 g/mol. The Morgan fingerprint density at radius 2 is 2.06 bits per heavy atom. The van der Waals surface area contributed by atoms with Gasteiger partial charge in [-0.25, -0.2) is 0 Å². The van der Waals surface area contributed by atoms with E-state index in [0.717, 1.165) is 17.7 Å². The topological polar surface area (TPSA) is 46.5 Å². The number of hydrogen-bond donors (Lipinski definition) is 1. The molecule has 1 aromatic rings. The van der Waals surface area contributed by atoms with Crippen molar-refractivity contribution in [3.63, 3.8) is 0 Å². The molecule has 1 rings (SSSR count). The maximum atomic E-state index is 10.3. The molecule has 0 aromatic heterocycles. The lowest BCUT2D eigenvalue weighted by atomic mass is 10.2. The second kappa shape index (κ2) is 6.67. The van der Waals surface area contributed by atoms with E-state index in [1.54, 1.807) is 12.2 Å². The van der Waals surface area contributed by atoms with Crippen LogP contribution in [-0.2, 0) is 4.79 Å². The Labute approximate surface area is 95.4 Å². The molecule has 0 radical (unpaired) electrons. The smallest absolute Gasteiger partial charge is 0.307 e. The van der Waals surface area contributed by atoms with Gasteiger partial charge in [-0.05, 0) is 24.1 Å². The van der Waals surface area contributed by atoms with Crippen molar-refractivity contribution in [2.24, 2.45) is 0 Å². The Balaban J connectivity index is 2.50. The van der Waals surface area contributed by atoms with Gasteiger partial charge in [0.2, 0.25) is 0 Å². The Morgan fingerprint density at radius 3 is 2.62 bits per heavy atom. The van der Waals surface area contributed by atoms with E-state index in [1.807, 2.05) is 24.3 Å². The normalized spacial score (nSPS) is 10.6. The fraction of sp³-hybridized carbons (Fsp3) is 0.308. The third-order valence-electron chi connectivity index (χ3n) is 1.96. The van der Waals surface area contributed by atoms with Gasteiger partial charge in [-0.3, -0.25) is 4.79 Å². The molecule has 0 saturated heterocycles. The van der Waals surface area contributed by atoms with Gasteiger partial charge in [0.05, 0.1) is 13.0 Å². The first-order valence-electron chi connectivity index (χ1n) is 5.33. The Bertz CT molecular complexity index is 352. The predicted octanol–water partition coefficient (Wildman–Crippen LogP) is 2.96. The van der Waals surface area contributed by atoms with E-state index in [4.69, 9.17) is 9.84 Å². The second-order valence-corrected chi connectivity index (χ2v) is 3.42. The summed E-state index contributed by atoms with van der Waals surface area (Å²) in [5, 5.41) is 8.46. The van der Waals surface area contributed by atoms with Crippen molar-refractivity contribution >= 4 is 12.0 Å². The molecule has 1 N–H and O–H groups in total. The number of rotatable bonds is 6. The minimum Gasteiger partial charge on any atom is -0.494 e. The monoisotopic (exact) mass is 220 g/mol. The van der Waals surface area contributed by atoms with Crippen LogP contribution in [0.5, 0.6) is 5.75 Å². The van der Waals surface area contributed by atoms with Crippen molar-refractivity contribution in [1.82, 2.24) is 0 Å². The van der Waals surface area contributed by atoms with Crippen LogP contribution in [-0.4, -0.2) is 17.7 Å². The van der Waals surface area contributed by atoms with Crippen LogP contribution in [0.1, 0.15) is 25.3 Å². The van der Waals surface area contributed by atoms with Gasteiger partial charge in [0.15, 0.2) is 0 Å². The summed E-state index contributed by atoms with van der Waals surface area (Å²) in [6, 6.07) is 7.58. The van der Waals surface area contributed by atoms with Crippen LogP contribution in [0.25, 0.3) is 6.08 Å². The van der Waals surface area contributed by atoms with E-state index in [-0.39, 0.29) is 6.42 Å². The highest BCUT2D eigenvalue weighted by atomic mass is 16.5. The molecule has 16 heavy (non-hydrogen) atoms. The second-order valence-electron chi connectivity index (χ2n) is 3.42. The van der Waals surface area contributed by atoms with Crippen LogP contribution in [0, 0.1) is 0 Å². The van der Waals surface area contributed by atoms with Crippen LogP contribution in [0.2, 0.25) is 0 Å². The summed E-state index contributed by atoms with van der Waals surface area (Å²) in [5.74, 6) is 0.0244. The van der Waals surface area contributed by atoms with E-state index < -0.39 is 5.97 Å². The molecule has 0 heterocycles. The van der Waals surface area contributed by atoms with Crippen LogP contribution in [0.4, 0.5) is 0 Å². The van der Waals surface area contributed by atoms with Gasteiger partial charge < -0.3 is 9.84 Å². The summed E-state index contributed by atoms with van der Waals surface area (Å²) in [4.78, 5) is 10.3. The first-order chi connectivity index (χ1) is 7.72. The minimum atomic E-state index is -0.820. The lowest BCUT2D eigenvalue weighted by Gasteiger charge is -2.03. The summed E-state index contributed by atoms with van der Waals surface area (Å²) < 4.78 is 5.43. The van der Waals surface area contributed by atoms with Gasteiger partial charge in [0.25, 0.3) is 0 Å². The van der Waals surface area contributed by atoms with Crippen molar-refractivity contribution in [3.05, 3.63) is 35.9 Å². The standard InChI is InChI=1S/C13H16O3/c1-2-10-16-12-8-6-11(7-9-12)4-3-5-13(14)15/h3-4,6-9H,2,5,10H2,1H3,(H,14,15). The molecule has 3 heteroatoms. The largest absolute Gasteiger partial charge is 0.494 e. The molecule has 0 aliphatic carbocycles. The molecular weight excluding hydrogens is 204 g/mol. The Kier molecular flexibility index (Phi) is 5.12. The molecule has 0 saturated carbocycles. The van der Waals surface area contributed by atoms with Gasteiger partial charge in [0, 0.05) is 0 Å². The lowest BCUT2D eigenvalue weighted by molar-refractivity contribution is -0.135. The minimum absolute atomic E-state index is 0.0497. The zero-order valence-corrected chi connectivity index (χ0v) is 9.35. The van der Waals surface area contributed by atoms with Crippen molar-refractivity contribution in [2.75, 3.05) is 6.61 Å². The third-order valence-corrected chi connectivity index (χ3v) is 1.96. The fourth-order valence-corrected chi connectivity index (χ4v) is 1.19. The Morgan fingerprint density at radius 1 is 1.38 bits per heavy atom. The van der Waals surface area contributed by atoms with Gasteiger partial charge >= 0.3 is 5.97 Å². The summed E-state index contributed by atoms with van der Waals surface area (Å²) in [7, 11) is 0. The molecule has 0 unspecified atom stereocenters. The van der Waals surface area contributed by atoms with E-state index in [2.05, 4.69) is 6.92 Å². The first kappa shape index (κ1) is 12.3. The lowest BCUT2D eigenvalue weighted by Crippen LogP contribution is -1.94. The number of hydrogen-bond acceptors (Lipinski definition) is 2. The molecule has 1 aromatic carbocycles. The number of carboxylic acids is 1. The first-order valence-corrected chi connectivity index (χ1v) is 5.33. The van der Waals surface area contributed by atoms with Crippen LogP contribution in [0.3, 0.4) is 0 Å². The predicted molar refractivity (Wildman–Crippen MR) is 63.5 cm³/mol. The quantitative estimate of drug-likeness (QED) is 0.801. The maximum Gasteiger partial charge on any atom is 0.307 e. The summed E-state index contributed by atoms with van der Waals surface area (Å²) in [6.45, 7) is 2.78. The van der Waals surface area contributed by atoms with Crippen molar-refractivity contribution in [3.8, 4) is 5.75 Å². The molecule has 86 valence electrons. The van der Waals surface area contributed by atoms with Crippen LogP contribution >= 0.6 is 0 Å². The molecule has 0 atom stereocenters. The van der Waals surface area contributed by atoms with Gasteiger partial charge in [-0.15, -0.1) is 0 Å². The number of carbonyl (C=O) groups is 1. The molecule has 3 nitrogen and oxygen atoms in total. The van der Waals surface area contributed by atoms with Crippen LogP contribution < -0.4 is 4.74 Å². The molecule has 0 amide bonds. The van der Waals surface area contributed by atoms with Crippen molar-refractivity contribution < 1.29 is 14.6 Å². The summed E-state index contributed by atoms with van der Waals surface area (Å²) in [5.41, 5.74) is 0.977. The number of aliphatic carboxylic acids is 1. The van der Waals surface area contributed by atoms with E-state index >= 15 is 0 Å². The molecule has 0 bridgehead atoms. The average Bonchev–Trinajstić information content (AvgIpc) is 2.27. The van der Waals surface area contributed by atoms with E-state index in [0.29, 0.717) is 6.61 Å². The molecule has 0 aliphatic heterocycles. The summed E-state index contributed by atoms with van der Waals surface area (Å²) >= 11 is 0. The highest BCUT2D eigenvalue weighted by Crippen LogP contribution is 2.13. The molecule has 0 aliphatic rings. The van der Waals surface area contributed by atoms with E-state index in [1.165, 1.54) is 0 Å². The molecule has 0 fully saturated rings. The SMILES string of the molecule is CCCOc1ccc(C=CCC(=O)O)cc1. The number of benzene rings is 1. The third kappa shape index (κ3) is 4.64. The van der Waals surface area contributed by atoms with Crippen LogP contribution in [0.15, 0.2) is 30.3 Å². The van der Waals surface area contributed by atoms with Crippen molar-refractivity contribution in [1.29, 1.82) is 0 Å². The van der Waals surface area contributed by atoms with Gasteiger partial charge in [-0.2, -0.15) is 0 Å². The summed E-state index contributed by atoms with van der Waals surface area (Å²) in [6.07, 6.45) is 4.45.